The van der Waals surface area contributed by atoms with Gasteiger partial charge in [0.1, 0.15) is 10.8 Å². The first kappa shape index (κ1) is 27.9. The van der Waals surface area contributed by atoms with Crippen molar-refractivity contribution in [2.75, 3.05) is 12.0 Å². The Labute approximate surface area is 206 Å². The number of ether oxygens (including phenoxy) is 1. The molecule has 0 aliphatic carbocycles. The number of hydrogen-bond donors (Lipinski definition) is 1. The maximum atomic E-state index is 12.9. The lowest BCUT2D eigenvalue weighted by molar-refractivity contribution is -0.152. The van der Waals surface area contributed by atoms with E-state index in [1.807, 2.05) is 38.3 Å². The summed E-state index contributed by atoms with van der Waals surface area (Å²) >= 11 is 2.94. The number of carbonyl (C=O) groups is 1. The van der Waals surface area contributed by atoms with Gasteiger partial charge in [0.25, 0.3) is 0 Å². The first-order chi connectivity index (χ1) is 15.9. The molecule has 0 amide bonds. The molecule has 0 atom stereocenters. The standard InChI is InChI=1S/C25H28F3NO3S2/c1-6-7-19(29-22(33-5)17-8-10-18(11-9-17)25(26,27)28)15-34-20-12-13-21(16(2)14-20)32-24(3,4)23(30)31/h7-14H,6,15H2,1-5H3,(H,30,31)/b19-7+,29-22?. The van der Waals surface area contributed by atoms with Gasteiger partial charge < -0.3 is 9.84 Å². The van der Waals surface area contributed by atoms with Gasteiger partial charge >= 0.3 is 12.1 Å². The Morgan fingerprint density at radius 1 is 1.15 bits per heavy atom. The molecule has 0 aliphatic heterocycles. The van der Waals surface area contributed by atoms with E-state index >= 15 is 0 Å². The second-order valence-electron chi connectivity index (χ2n) is 7.93. The fourth-order valence-corrected chi connectivity index (χ4v) is 4.34. The summed E-state index contributed by atoms with van der Waals surface area (Å²) in [7, 11) is 0. The molecule has 34 heavy (non-hydrogen) atoms. The fraction of sp³-hybridized carbons (Fsp3) is 0.360. The topological polar surface area (TPSA) is 58.9 Å². The normalized spacial score (nSPS) is 13.2. The minimum absolute atomic E-state index is 0.506. The van der Waals surface area contributed by atoms with Crippen LogP contribution >= 0.6 is 23.5 Å². The predicted octanol–water partition coefficient (Wildman–Crippen LogP) is 7.45. The maximum Gasteiger partial charge on any atom is 0.416 e. The van der Waals surface area contributed by atoms with Gasteiger partial charge in [-0.05, 0) is 69.3 Å². The third-order valence-corrected chi connectivity index (χ3v) is 6.49. The lowest BCUT2D eigenvalue weighted by Gasteiger charge is -2.23. The van der Waals surface area contributed by atoms with Crippen molar-refractivity contribution >= 4 is 34.5 Å². The van der Waals surface area contributed by atoms with Crippen LogP contribution < -0.4 is 4.74 Å². The Kier molecular flexibility index (Phi) is 9.70. The van der Waals surface area contributed by atoms with Gasteiger partial charge in [-0.3, -0.25) is 0 Å². The summed E-state index contributed by atoms with van der Waals surface area (Å²) in [6.45, 7) is 6.85. The number of thioether (sulfide) groups is 2. The Bertz CT molecular complexity index is 1060. The quantitative estimate of drug-likeness (QED) is 0.215. The number of aliphatic carboxylic acids is 1. The Balaban J connectivity index is 2.17. The number of rotatable bonds is 9. The summed E-state index contributed by atoms with van der Waals surface area (Å²) < 4.78 is 44.2. The minimum atomic E-state index is -4.37. The van der Waals surface area contributed by atoms with Crippen molar-refractivity contribution in [3.05, 3.63) is 70.9 Å². The van der Waals surface area contributed by atoms with Crippen molar-refractivity contribution in [2.24, 2.45) is 4.99 Å². The first-order valence-corrected chi connectivity index (χ1v) is 12.7. The lowest BCUT2D eigenvalue weighted by atomic mass is 10.1. The van der Waals surface area contributed by atoms with E-state index in [1.165, 1.54) is 37.7 Å². The van der Waals surface area contributed by atoms with Crippen molar-refractivity contribution in [2.45, 2.75) is 50.8 Å². The maximum absolute atomic E-state index is 12.9. The van der Waals surface area contributed by atoms with Crippen LogP contribution in [0.2, 0.25) is 0 Å². The van der Waals surface area contributed by atoms with Crippen LogP contribution in [0.15, 0.2) is 64.1 Å². The number of hydrogen-bond acceptors (Lipinski definition) is 5. The molecular formula is C25H28F3NO3S2. The van der Waals surface area contributed by atoms with Gasteiger partial charge in [0.2, 0.25) is 0 Å². The van der Waals surface area contributed by atoms with Gasteiger partial charge in [-0.1, -0.05) is 25.1 Å². The number of aryl methyl sites for hydroxylation is 1. The molecule has 2 aromatic rings. The SMILES string of the molecule is CC/C=C(\CSc1ccc(OC(C)(C)C(=O)O)c(C)c1)N=C(SC)c1ccc(C(F)(F)F)cc1. The summed E-state index contributed by atoms with van der Waals surface area (Å²) in [5, 5.41) is 9.91. The molecule has 0 fully saturated rings. The Morgan fingerprint density at radius 2 is 1.79 bits per heavy atom. The summed E-state index contributed by atoms with van der Waals surface area (Å²) in [5.41, 5.74) is 0.245. The number of aliphatic imine (C=N–C) groups is 1. The summed E-state index contributed by atoms with van der Waals surface area (Å²) in [6.07, 6.45) is 0.228. The van der Waals surface area contributed by atoms with E-state index in [0.717, 1.165) is 34.7 Å². The zero-order valence-electron chi connectivity index (χ0n) is 19.7. The number of alkyl halides is 3. The van der Waals surface area contributed by atoms with Gasteiger partial charge in [0.05, 0.1) is 5.56 Å². The van der Waals surface area contributed by atoms with Crippen molar-refractivity contribution in [3.8, 4) is 5.75 Å². The highest BCUT2D eigenvalue weighted by Gasteiger charge is 2.30. The van der Waals surface area contributed by atoms with Crippen LogP contribution in [-0.2, 0) is 11.0 Å². The molecular weight excluding hydrogens is 483 g/mol. The van der Waals surface area contributed by atoms with Gasteiger partial charge in [0.15, 0.2) is 5.60 Å². The molecule has 0 aromatic heterocycles. The highest BCUT2D eigenvalue weighted by Crippen LogP contribution is 2.31. The summed E-state index contributed by atoms with van der Waals surface area (Å²) in [4.78, 5) is 17.0. The molecule has 0 saturated heterocycles. The van der Waals surface area contributed by atoms with E-state index in [-0.39, 0.29) is 0 Å². The first-order valence-electron chi connectivity index (χ1n) is 10.5. The summed E-state index contributed by atoms with van der Waals surface area (Å²) in [5.74, 6) is 0.0278. The van der Waals surface area contributed by atoms with Crippen molar-refractivity contribution in [1.29, 1.82) is 0 Å². The largest absolute Gasteiger partial charge is 0.478 e. The van der Waals surface area contributed by atoms with Crippen LogP contribution in [0.3, 0.4) is 0 Å². The molecule has 4 nitrogen and oxygen atoms in total. The number of halogens is 3. The second kappa shape index (κ2) is 11.8. The molecule has 0 radical (unpaired) electrons. The highest BCUT2D eigenvalue weighted by molar-refractivity contribution is 8.13. The number of carboxylic acids is 1. The van der Waals surface area contributed by atoms with E-state index in [2.05, 4.69) is 0 Å². The molecule has 0 saturated carbocycles. The number of benzene rings is 2. The molecule has 184 valence electrons. The van der Waals surface area contributed by atoms with Crippen molar-refractivity contribution in [3.63, 3.8) is 0 Å². The van der Waals surface area contributed by atoms with Crippen molar-refractivity contribution < 1.29 is 27.8 Å². The molecule has 0 unspecified atom stereocenters. The number of carboxylic acid groups (broad SMARTS) is 1. The Hall–Kier alpha value is -2.39. The van der Waals surface area contributed by atoms with E-state index in [1.54, 1.807) is 17.8 Å². The van der Waals surface area contributed by atoms with Crippen LogP contribution in [0.1, 0.15) is 43.9 Å². The van der Waals surface area contributed by atoms with Crippen LogP contribution in [0.5, 0.6) is 5.75 Å². The molecule has 9 heteroatoms. The van der Waals surface area contributed by atoms with E-state index in [0.29, 0.717) is 22.1 Å². The predicted molar refractivity (Wildman–Crippen MR) is 134 cm³/mol. The summed E-state index contributed by atoms with van der Waals surface area (Å²) in [6, 6.07) is 10.6. The smallest absolute Gasteiger partial charge is 0.416 e. The Morgan fingerprint density at radius 3 is 2.29 bits per heavy atom. The lowest BCUT2D eigenvalue weighted by Crippen LogP contribution is -2.38. The molecule has 1 N–H and O–H groups in total. The van der Waals surface area contributed by atoms with E-state index < -0.39 is 23.3 Å². The molecule has 0 spiro atoms. The molecule has 2 rings (SSSR count). The second-order valence-corrected chi connectivity index (χ2v) is 9.78. The van der Waals surface area contributed by atoms with Gasteiger partial charge in [-0.25, -0.2) is 9.79 Å². The zero-order valence-corrected chi connectivity index (χ0v) is 21.3. The molecule has 0 aliphatic rings. The van der Waals surface area contributed by atoms with Crippen LogP contribution in [0.25, 0.3) is 0 Å². The highest BCUT2D eigenvalue weighted by atomic mass is 32.2. The minimum Gasteiger partial charge on any atom is -0.478 e. The molecule has 0 bridgehead atoms. The van der Waals surface area contributed by atoms with E-state index in [9.17, 15) is 23.1 Å². The monoisotopic (exact) mass is 511 g/mol. The fourth-order valence-electron chi connectivity index (χ4n) is 2.83. The molecule has 0 heterocycles. The third-order valence-electron chi connectivity index (χ3n) is 4.75. The van der Waals surface area contributed by atoms with Crippen LogP contribution in [-0.4, -0.2) is 33.7 Å². The van der Waals surface area contributed by atoms with Crippen molar-refractivity contribution in [1.82, 2.24) is 0 Å². The third kappa shape index (κ3) is 7.84. The molecule has 2 aromatic carbocycles. The number of allylic oxidation sites excluding steroid dienone is 1. The van der Waals surface area contributed by atoms with Gasteiger partial charge in [-0.2, -0.15) is 13.2 Å². The van der Waals surface area contributed by atoms with Gasteiger partial charge in [0, 0.05) is 21.9 Å². The van der Waals surface area contributed by atoms with Crippen LogP contribution in [0, 0.1) is 6.92 Å². The van der Waals surface area contributed by atoms with E-state index in [4.69, 9.17) is 9.73 Å². The zero-order chi connectivity index (χ0) is 25.5. The average Bonchev–Trinajstić information content (AvgIpc) is 2.76. The average molecular weight is 512 g/mol. The van der Waals surface area contributed by atoms with Crippen LogP contribution in [0.4, 0.5) is 13.2 Å². The van der Waals surface area contributed by atoms with Gasteiger partial charge in [-0.15, -0.1) is 23.5 Å². The number of nitrogens with zero attached hydrogens (tertiary/aromatic N) is 1.